The molecule has 4 rings (SSSR count). The molecule has 0 unspecified atom stereocenters. The molecule has 0 bridgehead atoms. The Kier molecular flexibility index (Phi) is 6.87. The zero-order chi connectivity index (χ0) is 23.2. The number of nitrogens with one attached hydrogen (secondary N) is 2. The number of hydrazine groups is 1. The standard InChI is InChI=1S/C24H26N4O5/c29-21-12-13-23(31)28(26-21)20-8-4-17(5-9-20)24(32)33-16-22(30)25-18-6-10-19(11-7-18)27-14-2-1-3-15-27/h4-11H,1-3,12-16H2,(H,25,30)(H,26,29). The fourth-order valence-corrected chi connectivity index (χ4v) is 3.85. The van der Waals surface area contributed by atoms with E-state index in [2.05, 4.69) is 15.6 Å². The Morgan fingerprint density at radius 2 is 1.55 bits per heavy atom. The second-order valence-electron chi connectivity index (χ2n) is 8.03. The number of amides is 3. The van der Waals surface area contributed by atoms with Gasteiger partial charge in [-0.15, -0.1) is 0 Å². The first-order chi connectivity index (χ1) is 16.0. The van der Waals surface area contributed by atoms with Gasteiger partial charge in [0, 0.05) is 37.3 Å². The lowest BCUT2D eigenvalue weighted by Gasteiger charge is -2.28. The minimum absolute atomic E-state index is 0.131. The number of piperidine rings is 1. The fraction of sp³-hybridized carbons (Fsp3) is 0.333. The van der Waals surface area contributed by atoms with Gasteiger partial charge in [-0.1, -0.05) is 0 Å². The van der Waals surface area contributed by atoms with Crippen molar-refractivity contribution < 1.29 is 23.9 Å². The highest BCUT2D eigenvalue weighted by Gasteiger charge is 2.24. The van der Waals surface area contributed by atoms with E-state index in [0.29, 0.717) is 11.4 Å². The van der Waals surface area contributed by atoms with Gasteiger partial charge >= 0.3 is 5.97 Å². The summed E-state index contributed by atoms with van der Waals surface area (Å²) in [4.78, 5) is 50.3. The highest BCUT2D eigenvalue weighted by Crippen LogP contribution is 2.22. The summed E-state index contributed by atoms with van der Waals surface area (Å²) in [7, 11) is 0. The van der Waals surface area contributed by atoms with Crippen molar-refractivity contribution in [3.8, 4) is 0 Å². The lowest BCUT2D eigenvalue weighted by molar-refractivity contribution is -0.130. The van der Waals surface area contributed by atoms with Gasteiger partial charge in [0.25, 0.3) is 5.91 Å². The zero-order valence-electron chi connectivity index (χ0n) is 18.2. The van der Waals surface area contributed by atoms with Crippen molar-refractivity contribution >= 4 is 40.8 Å². The average Bonchev–Trinajstić information content (AvgIpc) is 2.85. The molecular formula is C24H26N4O5. The van der Waals surface area contributed by atoms with Gasteiger partial charge in [-0.05, 0) is 67.8 Å². The number of esters is 1. The molecule has 2 N–H and O–H groups in total. The maximum atomic E-state index is 12.3. The lowest BCUT2D eigenvalue weighted by Crippen LogP contribution is -2.50. The van der Waals surface area contributed by atoms with Crippen molar-refractivity contribution in [2.75, 3.05) is 34.9 Å². The van der Waals surface area contributed by atoms with E-state index in [1.165, 1.54) is 43.5 Å². The molecule has 9 heteroatoms. The summed E-state index contributed by atoms with van der Waals surface area (Å²) in [5.74, 6) is -1.57. The first kappa shape index (κ1) is 22.3. The molecule has 2 heterocycles. The maximum absolute atomic E-state index is 12.3. The van der Waals surface area contributed by atoms with Crippen molar-refractivity contribution in [1.29, 1.82) is 0 Å². The molecule has 2 saturated heterocycles. The molecule has 0 aliphatic carbocycles. The van der Waals surface area contributed by atoms with Crippen molar-refractivity contribution in [1.82, 2.24) is 5.43 Å². The second kappa shape index (κ2) is 10.2. The molecule has 0 aromatic heterocycles. The van der Waals surface area contributed by atoms with Crippen LogP contribution in [0.4, 0.5) is 17.1 Å². The smallest absolute Gasteiger partial charge is 0.338 e. The van der Waals surface area contributed by atoms with Gasteiger partial charge in [-0.3, -0.25) is 19.8 Å². The highest BCUT2D eigenvalue weighted by molar-refractivity contribution is 6.01. The number of benzene rings is 2. The molecular weight excluding hydrogens is 424 g/mol. The highest BCUT2D eigenvalue weighted by atomic mass is 16.5. The van der Waals surface area contributed by atoms with Crippen LogP contribution in [0.5, 0.6) is 0 Å². The molecule has 33 heavy (non-hydrogen) atoms. The van der Waals surface area contributed by atoms with Crippen molar-refractivity contribution in [2.24, 2.45) is 0 Å². The van der Waals surface area contributed by atoms with Gasteiger partial charge in [0.05, 0.1) is 11.3 Å². The molecule has 3 amide bonds. The number of carbonyl (C=O) groups is 4. The quantitative estimate of drug-likeness (QED) is 0.655. The number of rotatable bonds is 6. The van der Waals surface area contributed by atoms with Gasteiger partial charge in [0.2, 0.25) is 11.8 Å². The van der Waals surface area contributed by atoms with E-state index < -0.39 is 18.5 Å². The van der Waals surface area contributed by atoms with Crippen LogP contribution in [0.2, 0.25) is 0 Å². The molecule has 2 aliphatic rings. The van der Waals surface area contributed by atoms with Gasteiger partial charge in [0.15, 0.2) is 6.61 Å². The molecule has 2 aromatic rings. The molecule has 0 atom stereocenters. The Balaban J connectivity index is 1.26. The number of nitrogens with zero attached hydrogens (tertiary/aromatic N) is 2. The third-order valence-corrected chi connectivity index (χ3v) is 5.62. The van der Waals surface area contributed by atoms with Gasteiger partial charge in [0.1, 0.15) is 0 Å². The summed E-state index contributed by atoms with van der Waals surface area (Å²) in [5, 5.41) is 3.88. The zero-order valence-corrected chi connectivity index (χ0v) is 18.2. The summed E-state index contributed by atoms with van der Waals surface area (Å²) in [6, 6.07) is 13.6. The van der Waals surface area contributed by atoms with Crippen LogP contribution in [0.1, 0.15) is 42.5 Å². The summed E-state index contributed by atoms with van der Waals surface area (Å²) < 4.78 is 5.10. The summed E-state index contributed by atoms with van der Waals surface area (Å²) in [6.45, 7) is 1.67. The van der Waals surface area contributed by atoms with Gasteiger partial charge in [-0.25, -0.2) is 9.80 Å². The Morgan fingerprint density at radius 1 is 0.879 bits per heavy atom. The van der Waals surface area contributed by atoms with Crippen LogP contribution in [0, 0.1) is 0 Å². The maximum Gasteiger partial charge on any atom is 0.338 e. The molecule has 9 nitrogen and oxygen atoms in total. The summed E-state index contributed by atoms with van der Waals surface area (Å²) in [5.41, 5.74) is 4.93. The summed E-state index contributed by atoms with van der Waals surface area (Å²) >= 11 is 0. The van der Waals surface area contributed by atoms with E-state index in [1.54, 1.807) is 0 Å². The molecule has 0 saturated carbocycles. The van der Waals surface area contributed by atoms with Crippen LogP contribution in [0.15, 0.2) is 48.5 Å². The fourth-order valence-electron chi connectivity index (χ4n) is 3.85. The normalized spacial score (nSPS) is 16.2. The molecule has 2 aromatic carbocycles. The molecule has 172 valence electrons. The Bertz CT molecular complexity index is 1030. The van der Waals surface area contributed by atoms with Gasteiger partial charge in [-0.2, -0.15) is 0 Å². The SMILES string of the molecule is O=C(COC(=O)c1ccc(N2NC(=O)CCC2=O)cc1)Nc1ccc(N2CCCCC2)cc1. The monoisotopic (exact) mass is 450 g/mol. The first-order valence-corrected chi connectivity index (χ1v) is 11.0. The van der Waals surface area contributed by atoms with Crippen molar-refractivity contribution in [3.05, 3.63) is 54.1 Å². The van der Waals surface area contributed by atoms with Crippen LogP contribution >= 0.6 is 0 Å². The predicted octanol–water partition coefficient (Wildman–Crippen LogP) is 2.63. The number of carbonyl (C=O) groups excluding carboxylic acids is 4. The van der Waals surface area contributed by atoms with Crippen molar-refractivity contribution in [2.45, 2.75) is 32.1 Å². The van der Waals surface area contributed by atoms with Crippen LogP contribution in [0.25, 0.3) is 0 Å². The topological polar surface area (TPSA) is 108 Å². The largest absolute Gasteiger partial charge is 0.452 e. The third-order valence-electron chi connectivity index (χ3n) is 5.62. The van der Waals surface area contributed by atoms with E-state index in [4.69, 9.17) is 4.74 Å². The number of ether oxygens (including phenoxy) is 1. The van der Waals surface area contributed by atoms with Crippen LogP contribution in [0.3, 0.4) is 0 Å². The van der Waals surface area contributed by atoms with E-state index in [0.717, 1.165) is 23.8 Å². The summed E-state index contributed by atoms with van der Waals surface area (Å²) in [6.07, 6.45) is 3.94. The molecule has 0 radical (unpaired) electrons. The second-order valence-corrected chi connectivity index (χ2v) is 8.03. The minimum atomic E-state index is -0.661. The number of anilines is 3. The van der Waals surface area contributed by atoms with E-state index in [1.807, 2.05) is 24.3 Å². The lowest BCUT2D eigenvalue weighted by atomic mass is 10.1. The van der Waals surface area contributed by atoms with E-state index >= 15 is 0 Å². The average molecular weight is 450 g/mol. The Labute approximate surface area is 191 Å². The minimum Gasteiger partial charge on any atom is -0.452 e. The molecule has 2 aliphatic heterocycles. The predicted molar refractivity (Wildman–Crippen MR) is 123 cm³/mol. The number of hydrogen-bond acceptors (Lipinski definition) is 6. The van der Waals surface area contributed by atoms with Crippen molar-refractivity contribution in [3.63, 3.8) is 0 Å². The first-order valence-electron chi connectivity index (χ1n) is 11.0. The van der Waals surface area contributed by atoms with Crippen LogP contribution in [-0.2, 0) is 19.1 Å². The van der Waals surface area contributed by atoms with Gasteiger partial charge < -0.3 is 15.0 Å². The third kappa shape index (κ3) is 5.68. The van der Waals surface area contributed by atoms with Crippen LogP contribution < -0.4 is 20.7 Å². The van der Waals surface area contributed by atoms with E-state index in [9.17, 15) is 19.2 Å². The number of hydrogen-bond donors (Lipinski definition) is 2. The molecule has 0 spiro atoms. The Hall–Kier alpha value is -3.88. The molecule has 2 fully saturated rings. The van der Waals surface area contributed by atoms with E-state index in [-0.39, 0.29) is 30.2 Å². The van der Waals surface area contributed by atoms with Crippen LogP contribution in [-0.4, -0.2) is 43.4 Å². The Morgan fingerprint density at radius 3 is 2.24 bits per heavy atom.